The molecule has 2 unspecified atom stereocenters. The van der Waals surface area contributed by atoms with Gasteiger partial charge >= 0.3 is 0 Å². The number of nitrogens with one attached hydrogen (secondary N) is 4. The summed E-state index contributed by atoms with van der Waals surface area (Å²) in [6, 6.07) is 3.06. The summed E-state index contributed by atoms with van der Waals surface area (Å²) >= 11 is 6.03. The molecular weight excluding hydrogens is 745 g/mol. The number of rotatable bonds is 15. The summed E-state index contributed by atoms with van der Waals surface area (Å²) in [6.07, 6.45) is 7.55. The Labute approximate surface area is 330 Å². The second-order valence-electron chi connectivity index (χ2n) is 16.2. The molecule has 302 valence electrons. The minimum Gasteiger partial charge on any atom is -0.472 e. The highest BCUT2D eigenvalue weighted by Gasteiger charge is 2.47. The van der Waals surface area contributed by atoms with Crippen molar-refractivity contribution in [2.75, 3.05) is 11.9 Å². The molecule has 2 aliphatic carbocycles. The zero-order valence-electron chi connectivity index (χ0n) is 32.2. The second kappa shape index (κ2) is 17.6. The summed E-state index contributed by atoms with van der Waals surface area (Å²) in [5.41, 5.74) is -0.179. The number of halogens is 2. The van der Waals surface area contributed by atoms with Gasteiger partial charge in [-0.3, -0.25) is 24.0 Å². The number of carbonyl (C=O) groups excluding carboxylic acids is 5. The Bertz CT molecular complexity index is 1910. The first-order valence-corrected chi connectivity index (χ1v) is 19.9. The first-order valence-electron chi connectivity index (χ1n) is 19.6. The summed E-state index contributed by atoms with van der Waals surface area (Å²) in [5.74, 6) is -3.42. The van der Waals surface area contributed by atoms with E-state index < -0.39 is 70.9 Å². The third-order valence-electron chi connectivity index (χ3n) is 10.6. The first kappa shape index (κ1) is 40.9. The summed E-state index contributed by atoms with van der Waals surface area (Å²) in [4.78, 5) is 79.3. The largest absolute Gasteiger partial charge is 0.472 e. The fraction of sp³-hybridized carbons (Fsp3) is 0.575. The Balaban J connectivity index is 1.25. The molecule has 0 spiro atoms. The van der Waals surface area contributed by atoms with Crippen molar-refractivity contribution in [3.63, 3.8) is 0 Å². The lowest BCUT2D eigenvalue weighted by molar-refractivity contribution is -0.145. The van der Waals surface area contributed by atoms with Gasteiger partial charge in [-0.1, -0.05) is 65.0 Å². The summed E-state index contributed by atoms with van der Waals surface area (Å²) < 4.78 is 25.9. The van der Waals surface area contributed by atoms with Crippen LogP contribution in [0.15, 0.2) is 40.9 Å². The molecule has 3 heterocycles. The summed E-state index contributed by atoms with van der Waals surface area (Å²) in [6.45, 7) is 7.27. The lowest BCUT2D eigenvalue weighted by Crippen LogP contribution is -2.61. The quantitative estimate of drug-likeness (QED) is 0.151. The molecule has 16 heteroatoms. The van der Waals surface area contributed by atoms with Gasteiger partial charge in [-0.05, 0) is 61.6 Å². The number of fused-ring (bicyclic) bond motifs is 1. The van der Waals surface area contributed by atoms with E-state index in [1.54, 1.807) is 12.1 Å². The van der Waals surface area contributed by atoms with Gasteiger partial charge < -0.3 is 35.3 Å². The highest BCUT2D eigenvalue weighted by atomic mass is 35.5. The van der Waals surface area contributed by atoms with Gasteiger partial charge in [-0.2, -0.15) is 4.98 Å². The van der Waals surface area contributed by atoms with E-state index >= 15 is 0 Å². The topological polar surface area (TPSA) is 185 Å². The van der Waals surface area contributed by atoms with E-state index in [0.717, 1.165) is 44.9 Å². The maximum Gasteiger partial charge on any atom is 0.296 e. The Morgan fingerprint density at radius 3 is 2.45 bits per heavy atom. The van der Waals surface area contributed by atoms with Gasteiger partial charge in [-0.15, -0.1) is 0 Å². The zero-order chi connectivity index (χ0) is 40.1. The van der Waals surface area contributed by atoms with Crippen molar-refractivity contribution in [2.45, 2.75) is 128 Å². The van der Waals surface area contributed by atoms with Crippen molar-refractivity contribution in [3.8, 4) is 5.88 Å². The number of oxazole rings is 1. The molecule has 0 radical (unpaired) electrons. The highest BCUT2D eigenvalue weighted by Crippen LogP contribution is 2.32. The average Bonchev–Trinajstić information content (AvgIpc) is 3.73. The van der Waals surface area contributed by atoms with E-state index in [9.17, 15) is 28.4 Å². The minimum atomic E-state index is -1.11. The van der Waals surface area contributed by atoms with Crippen LogP contribution in [0.25, 0.3) is 11.1 Å². The first-order chi connectivity index (χ1) is 26.7. The van der Waals surface area contributed by atoms with Crippen LogP contribution in [0.1, 0.15) is 91.9 Å². The lowest BCUT2D eigenvalue weighted by atomic mass is 9.82. The number of anilines is 1. The fourth-order valence-electron chi connectivity index (χ4n) is 7.45. The van der Waals surface area contributed by atoms with Crippen molar-refractivity contribution in [1.82, 2.24) is 30.8 Å². The van der Waals surface area contributed by atoms with E-state index in [-0.39, 0.29) is 43.2 Å². The molecule has 1 saturated heterocycles. The summed E-state index contributed by atoms with van der Waals surface area (Å²) in [7, 11) is 0. The van der Waals surface area contributed by atoms with Gasteiger partial charge in [0, 0.05) is 30.8 Å². The van der Waals surface area contributed by atoms with Gasteiger partial charge in [0.25, 0.3) is 11.9 Å². The smallest absolute Gasteiger partial charge is 0.296 e. The van der Waals surface area contributed by atoms with Crippen LogP contribution in [0.2, 0.25) is 5.02 Å². The number of aromatic nitrogens is 2. The van der Waals surface area contributed by atoms with Crippen LogP contribution in [-0.2, 0) is 24.0 Å². The molecule has 3 aliphatic rings. The highest BCUT2D eigenvalue weighted by molar-refractivity contribution is 6.38. The molecule has 4 N–H and O–H groups in total. The molecule has 56 heavy (non-hydrogen) atoms. The third kappa shape index (κ3) is 10.1. The number of hydrogen-bond acceptors (Lipinski definition) is 10. The van der Waals surface area contributed by atoms with E-state index in [1.165, 1.54) is 29.3 Å². The maximum atomic E-state index is 14.8. The molecule has 1 aromatic carbocycles. The van der Waals surface area contributed by atoms with E-state index in [2.05, 4.69) is 31.2 Å². The van der Waals surface area contributed by atoms with Crippen molar-refractivity contribution < 1.29 is 37.5 Å². The number of nitrogens with zero attached hydrogens (tertiary/aromatic N) is 3. The molecule has 2 saturated carbocycles. The lowest BCUT2D eigenvalue weighted by Gasteiger charge is -2.37. The number of pyridine rings is 1. The van der Waals surface area contributed by atoms with Crippen molar-refractivity contribution in [3.05, 3.63) is 47.4 Å². The van der Waals surface area contributed by atoms with Crippen LogP contribution in [0.4, 0.5) is 10.4 Å². The Morgan fingerprint density at radius 2 is 1.79 bits per heavy atom. The Hall–Kier alpha value is -4.79. The molecule has 14 nitrogen and oxygen atoms in total. The van der Waals surface area contributed by atoms with Gasteiger partial charge in [0.05, 0.1) is 17.6 Å². The second-order valence-corrected chi connectivity index (χ2v) is 16.7. The normalized spacial score (nSPS) is 20.5. The number of likely N-dealkylation sites (tertiary alicyclic amines) is 1. The molecule has 6 rings (SSSR count). The number of amides is 4. The number of ether oxygens (including phenoxy) is 1. The van der Waals surface area contributed by atoms with Gasteiger partial charge in [-0.25, -0.2) is 9.37 Å². The molecule has 1 aliphatic heterocycles. The van der Waals surface area contributed by atoms with Crippen LogP contribution in [0.5, 0.6) is 5.88 Å². The Kier molecular flexibility index (Phi) is 12.8. The Morgan fingerprint density at radius 1 is 1.04 bits per heavy atom. The van der Waals surface area contributed by atoms with E-state index in [1.807, 2.05) is 27.7 Å². The number of hydrogen-bond donors (Lipinski definition) is 4. The van der Waals surface area contributed by atoms with Gasteiger partial charge in [0.2, 0.25) is 29.4 Å². The fourth-order valence-corrected chi connectivity index (χ4v) is 7.56. The van der Waals surface area contributed by atoms with Crippen molar-refractivity contribution in [1.29, 1.82) is 0 Å². The monoisotopic (exact) mass is 795 g/mol. The van der Waals surface area contributed by atoms with E-state index in [4.69, 9.17) is 20.8 Å². The molecule has 4 amide bonds. The van der Waals surface area contributed by atoms with Gasteiger partial charge in [0.1, 0.15) is 35.6 Å². The van der Waals surface area contributed by atoms with Crippen molar-refractivity contribution >= 4 is 58.1 Å². The molecule has 5 atom stereocenters. The van der Waals surface area contributed by atoms with Crippen LogP contribution in [-0.4, -0.2) is 87.1 Å². The molecule has 3 aromatic rings. The number of carbonyl (C=O) groups is 5. The number of ketones is 1. The molecular formula is C40H51ClFN7O7. The predicted molar refractivity (Wildman–Crippen MR) is 206 cm³/mol. The van der Waals surface area contributed by atoms with Crippen LogP contribution < -0.4 is 26.0 Å². The molecule has 2 aromatic heterocycles. The van der Waals surface area contributed by atoms with Gasteiger partial charge in [0.15, 0.2) is 5.58 Å². The van der Waals surface area contributed by atoms with Crippen molar-refractivity contribution in [2.24, 2.45) is 11.3 Å². The molecule has 0 bridgehead atoms. The number of Topliss-reactive ketones (excluding diaryl/α,β-unsaturated/α-hetero) is 1. The third-order valence-corrected chi connectivity index (χ3v) is 10.8. The molecule has 3 fully saturated rings. The number of benzene rings is 1. The minimum absolute atomic E-state index is 0.0258. The standard InChI is InChI=1S/C40H51ClFN7O7/c1-5-9-27(33(50)37(53)44-25-14-15-25)45-35(51)29-19-26(55-31-17-12-23(41)20-43-31)21-49(29)38(54)34(40(2,3)4)48-36(52)32(22-10-7-6-8-11-22)47-39-46-28-18-24(42)13-16-30(28)56-39/h12-13,16-18,20,22,25-27,29,32,34H,5-11,14-15,19,21H2,1-4H3,(H,44,53)(H,45,51)(H,46,47)(H,48,52)/t26?,27?,29-,32+,34+/m1/s1. The SMILES string of the molecule is CCCC(NC(=O)[C@H]1CC(Oc2ccc(Cl)cn2)CN1C(=O)[C@H](NC(=O)[C@@H](Nc1nc2cc(F)ccc2o1)C1CCCCC1)C(C)(C)C)C(=O)C(=O)NC1CC1. The maximum absolute atomic E-state index is 14.8. The van der Waals surface area contributed by atoms with E-state index in [0.29, 0.717) is 22.5 Å². The zero-order valence-corrected chi connectivity index (χ0v) is 33.0. The predicted octanol–water partition coefficient (Wildman–Crippen LogP) is 5.09. The summed E-state index contributed by atoms with van der Waals surface area (Å²) in [5, 5.41) is 12.0. The van der Waals surface area contributed by atoms with Crippen LogP contribution >= 0.6 is 11.6 Å². The van der Waals surface area contributed by atoms with Crippen LogP contribution in [0, 0.1) is 17.2 Å². The van der Waals surface area contributed by atoms with Crippen LogP contribution in [0.3, 0.4) is 0 Å². The average molecular weight is 796 g/mol.